The summed E-state index contributed by atoms with van der Waals surface area (Å²) in [4.78, 5) is 14.3. The average Bonchev–Trinajstić information content (AvgIpc) is 2.64. The molecule has 0 bridgehead atoms. The topological polar surface area (TPSA) is 57.7 Å². The molecule has 2 fully saturated rings. The van der Waals surface area contributed by atoms with Gasteiger partial charge in [0.25, 0.3) is 0 Å². The van der Waals surface area contributed by atoms with Crippen LogP contribution in [-0.2, 0) is 14.8 Å². The Morgan fingerprint density at radius 1 is 1.08 bits per heavy atom. The number of carbonyl (C=O) groups excluding carboxylic acids is 1. The Balaban J connectivity index is 1.64. The van der Waals surface area contributed by atoms with Crippen LogP contribution in [0.1, 0.15) is 37.7 Å². The van der Waals surface area contributed by atoms with Crippen molar-refractivity contribution in [2.24, 2.45) is 5.92 Å². The van der Waals surface area contributed by atoms with Crippen LogP contribution in [0.3, 0.4) is 0 Å². The van der Waals surface area contributed by atoms with E-state index in [1.54, 1.807) is 11.8 Å². The molecule has 0 N–H and O–H groups in total. The quantitative estimate of drug-likeness (QED) is 0.824. The summed E-state index contributed by atoms with van der Waals surface area (Å²) in [6.07, 6.45) is 5.29. The number of sulfonamides is 1. The Kier molecular flexibility index (Phi) is 5.43. The molecule has 1 aromatic carbocycles. The maximum atomic E-state index is 13.7. The second-order valence-electron chi connectivity index (χ2n) is 6.98. The molecule has 0 unspecified atom stereocenters. The maximum Gasteiger partial charge on any atom is 0.243 e. The molecule has 25 heavy (non-hydrogen) atoms. The van der Waals surface area contributed by atoms with Crippen LogP contribution in [0.4, 0.5) is 4.39 Å². The highest BCUT2D eigenvalue weighted by molar-refractivity contribution is 7.89. The highest BCUT2D eigenvalue weighted by Crippen LogP contribution is 2.26. The lowest BCUT2D eigenvalue weighted by molar-refractivity contribution is -0.137. The Labute approximate surface area is 148 Å². The molecular formula is C18H25FN2O3S. The third-order valence-corrected chi connectivity index (χ3v) is 7.18. The molecule has 1 saturated carbocycles. The molecule has 1 amide bonds. The van der Waals surface area contributed by atoms with Crippen LogP contribution in [-0.4, -0.2) is 49.7 Å². The van der Waals surface area contributed by atoms with Gasteiger partial charge in [-0.1, -0.05) is 25.3 Å². The van der Waals surface area contributed by atoms with E-state index in [0.717, 1.165) is 31.7 Å². The number of aryl methyl sites for hydroxylation is 1. The SMILES string of the molecule is Cc1ccc(S(=O)(=O)N2CCN(C(=O)C3CCCCC3)CC2)cc1F. The lowest BCUT2D eigenvalue weighted by Crippen LogP contribution is -2.52. The van der Waals surface area contributed by atoms with Crippen molar-refractivity contribution in [3.8, 4) is 0 Å². The van der Waals surface area contributed by atoms with Gasteiger partial charge in [0.1, 0.15) is 5.82 Å². The summed E-state index contributed by atoms with van der Waals surface area (Å²) in [5.74, 6) is -0.256. The number of nitrogens with zero attached hydrogens (tertiary/aromatic N) is 2. The molecule has 0 atom stereocenters. The van der Waals surface area contributed by atoms with Gasteiger partial charge in [-0.3, -0.25) is 4.79 Å². The van der Waals surface area contributed by atoms with E-state index in [-0.39, 0.29) is 29.8 Å². The molecule has 5 nitrogen and oxygen atoms in total. The van der Waals surface area contributed by atoms with Gasteiger partial charge in [-0.2, -0.15) is 4.31 Å². The lowest BCUT2D eigenvalue weighted by atomic mass is 9.88. The summed E-state index contributed by atoms with van der Waals surface area (Å²) < 4.78 is 40.4. The summed E-state index contributed by atoms with van der Waals surface area (Å²) in [5, 5.41) is 0. The van der Waals surface area contributed by atoms with Crippen LogP contribution in [0.15, 0.2) is 23.1 Å². The first-order valence-corrected chi connectivity index (χ1v) is 10.4. The number of hydrogen-bond donors (Lipinski definition) is 0. The van der Waals surface area contributed by atoms with Gasteiger partial charge in [0.15, 0.2) is 0 Å². The number of halogens is 1. The summed E-state index contributed by atoms with van der Waals surface area (Å²) in [7, 11) is -3.72. The summed E-state index contributed by atoms with van der Waals surface area (Å²) in [6, 6.07) is 3.99. The smallest absolute Gasteiger partial charge is 0.243 e. The van der Waals surface area contributed by atoms with E-state index in [4.69, 9.17) is 0 Å². The Morgan fingerprint density at radius 2 is 1.72 bits per heavy atom. The van der Waals surface area contributed by atoms with Crippen molar-refractivity contribution in [3.05, 3.63) is 29.6 Å². The van der Waals surface area contributed by atoms with Gasteiger partial charge in [0, 0.05) is 32.1 Å². The summed E-state index contributed by atoms with van der Waals surface area (Å²) >= 11 is 0. The van der Waals surface area contributed by atoms with Crippen molar-refractivity contribution in [2.45, 2.75) is 43.9 Å². The fourth-order valence-electron chi connectivity index (χ4n) is 3.64. The van der Waals surface area contributed by atoms with Crippen LogP contribution < -0.4 is 0 Å². The van der Waals surface area contributed by atoms with Crippen LogP contribution >= 0.6 is 0 Å². The minimum absolute atomic E-state index is 0.0253. The third-order valence-electron chi connectivity index (χ3n) is 5.29. The van der Waals surface area contributed by atoms with Crippen molar-refractivity contribution in [1.82, 2.24) is 9.21 Å². The number of benzene rings is 1. The molecular weight excluding hydrogens is 343 g/mol. The second kappa shape index (κ2) is 7.41. The van der Waals surface area contributed by atoms with E-state index >= 15 is 0 Å². The first-order chi connectivity index (χ1) is 11.9. The predicted molar refractivity (Wildman–Crippen MR) is 93.1 cm³/mol. The zero-order valence-corrected chi connectivity index (χ0v) is 15.4. The number of rotatable bonds is 3. The first kappa shape index (κ1) is 18.3. The van der Waals surface area contributed by atoms with E-state index in [1.807, 2.05) is 0 Å². The molecule has 1 aromatic rings. The molecule has 138 valence electrons. The highest BCUT2D eigenvalue weighted by Gasteiger charge is 2.33. The van der Waals surface area contributed by atoms with Crippen LogP contribution in [0, 0.1) is 18.7 Å². The van der Waals surface area contributed by atoms with Gasteiger partial charge < -0.3 is 4.90 Å². The lowest BCUT2D eigenvalue weighted by Gasteiger charge is -2.36. The molecule has 7 heteroatoms. The fourth-order valence-corrected chi connectivity index (χ4v) is 5.07. The van der Waals surface area contributed by atoms with Crippen LogP contribution in [0.2, 0.25) is 0 Å². The van der Waals surface area contributed by atoms with E-state index in [2.05, 4.69) is 0 Å². The predicted octanol–water partition coefficient (Wildman–Crippen LogP) is 2.55. The van der Waals surface area contributed by atoms with Gasteiger partial charge in [0.05, 0.1) is 4.90 Å². The zero-order valence-electron chi connectivity index (χ0n) is 14.6. The number of amides is 1. The standard InChI is InChI=1S/C18H25FN2O3S/c1-14-7-8-16(13-17(14)19)25(23,24)21-11-9-20(10-12-21)18(22)15-5-3-2-4-6-15/h7-8,13,15H,2-6,9-12H2,1H3. The normalized spacial score (nSPS) is 20.6. The van der Waals surface area contributed by atoms with Crippen molar-refractivity contribution in [1.29, 1.82) is 0 Å². The van der Waals surface area contributed by atoms with E-state index in [9.17, 15) is 17.6 Å². The number of carbonyl (C=O) groups is 1. The van der Waals surface area contributed by atoms with Crippen molar-refractivity contribution >= 4 is 15.9 Å². The van der Waals surface area contributed by atoms with E-state index in [0.29, 0.717) is 18.7 Å². The Bertz CT molecular complexity index is 737. The van der Waals surface area contributed by atoms with Crippen molar-refractivity contribution < 1.29 is 17.6 Å². The average molecular weight is 368 g/mol. The Hall–Kier alpha value is -1.47. The monoisotopic (exact) mass is 368 g/mol. The molecule has 1 heterocycles. The van der Waals surface area contributed by atoms with Crippen LogP contribution in [0.5, 0.6) is 0 Å². The van der Waals surface area contributed by atoms with Gasteiger partial charge in [-0.15, -0.1) is 0 Å². The summed E-state index contributed by atoms with van der Waals surface area (Å²) in [6.45, 7) is 2.93. The molecule has 1 aliphatic heterocycles. The van der Waals surface area contributed by atoms with Crippen molar-refractivity contribution in [2.75, 3.05) is 26.2 Å². The zero-order chi connectivity index (χ0) is 18.0. The molecule has 1 aliphatic carbocycles. The number of hydrogen-bond acceptors (Lipinski definition) is 3. The molecule has 0 spiro atoms. The van der Waals surface area contributed by atoms with Crippen LogP contribution in [0.25, 0.3) is 0 Å². The van der Waals surface area contributed by atoms with E-state index in [1.165, 1.54) is 22.9 Å². The molecule has 0 aromatic heterocycles. The maximum absolute atomic E-state index is 13.7. The fraction of sp³-hybridized carbons (Fsp3) is 0.611. The van der Waals surface area contributed by atoms with Gasteiger partial charge in [0.2, 0.25) is 15.9 Å². The van der Waals surface area contributed by atoms with Gasteiger partial charge in [-0.05, 0) is 37.5 Å². The highest BCUT2D eigenvalue weighted by atomic mass is 32.2. The minimum atomic E-state index is -3.72. The molecule has 0 radical (unpaired) electrons. The Morgan fingerprint density at radius 3 is 2.32 bits per heavy atom. The van der Waals surface area contributed by atoms with Gasteiger partial charge in [-0.25, -0.2) is 12.8 Å². The molecule has 2 aliphatic rings. The summed E-state index contributed by atoms with van der Waals surface area (Å²) in [5.41, 5.74) is 0.418. The van der Waals surface area contributed by atoms with Crippen molar-refractivity contribution in [3.63, 3.8) is 0 Å². The third kappa shape index (κ3) is 3.87. The number of piperazine rings is 1. The van der Waals surface area contributed by atoms with Gasteiger partial charge >= 0.3 is 0 Å². The van der Waals surface area contributed by atoms with E-state index < -0.39 is 15.8 Å². The largest absolute Gasteiger partial charge is 0.340 e. The molecule has 1 saturated heterocycles. The first-order valence-electron chi connectivity index (χ1n) is 8.94. The second-order valence-corrected chi connectivity index (χ2v) is 8.91. The molecule has 3 rings (SSSR count). The minimum Gasteiger partial charge on any atom is -0.340 e.